The fourth-order valence-electron chi connectivity index (χ4n) is 1.98. The molecule has 2 nitrogen and oxygen atoms in total. The molecule has 1 saturated heterocycles. The van der Waals surface area contributed by atoms with Gasteiger partial charge in [0.2, 0.25) is 0 Å². The third-order valence-electron chi connectivity index (χ3n) is 2.80. The summed E-state index contributed by atoms with van der Waals surface area (Å²) in [5.74, 6) is 0. The Bertz CT molecular complexity index is 277. The molecule has 0 aliphatic carbocycles. The molecule has 3 heteroatoms. The summed E-state index contributed by atoms with van der Waals surface area (Å²) in [6, 6.07) is 0. The Morgan fingerprint density at radius 1 is 1.36 bits per heavy atom. The summed E-state index contributed by atoms with van der Waals surface area (Å²) >= 11 is 1.76. The van der Waals surface area contributed by atoms with E-state index in [4.69, 9.17) is 0 Å². The Balaban J connectivity index is 1.76. The highest BCUT2D eigenvalue weighted by Crippen LogP contribution is 2.12. The van der Waals surface area contributed by atoms with Gasteiger partial charge >= 0.3 is 0 Å². The Kier molecular flexibility index (Phi) is 3.54. The number of hydrogen-bond donors (Lipinski definition) is 0. The van der Waals surface area contributed by atoms with Crippen molar-refractivity contribution in [2.75, 3.05) is 19.6 Å². The van der Waals surface area contributed by atoms with Crippen LogP contribution in [0.5, 0.6) is 0 Å². The van der Waals surface area contributed by atoms with Crippen LogP contribution >= 0.6 is 11.3 Å². The van der Waals surface area contributed by atoms with E-state index in [9.17, 15) is 0 Å². The van der Waals surface area contributed by atoms with Gasteiger partial charge in [-0.2, -0.15) is 0 Å². The Morgan fingerprint density at radius 2 is 2.14 bits per heavy atom. The lowest BCUT2D eigenvalue weighted by atomic mass is 10.1. The molecule has 0 N–H and O–H groups in total. The van der Waals surface area contributed by atoms with Crippen molar-refractivity contribution in [3.8, 4) is 0 Å². The Labute approximate surface area is 90.0 Å². The molecule has 78 valence electrons. The SMILES string of the molecule is Cc1nc(CCN2CCCCC2)cs1. The van der Waals surface area contributed by atoms with E-state index in [0.29, 0.717) is 0 Å². The molecule has 0 saturated carbocycles. The zero-order valence-electron chi connectivity index (χ0n) is 8.83. The smallest absolute Gasteiger partial charge is 0.0897 e. The second kappa shape index (κ2) is 4.89. The van der Waals surface area contributed by atoms with E-state index >= 15 is 0 Å². The molecule has 2 heterocycles. The number of aromatic nitrogens is 1. The molecule has 0 amide bonds. The molecule has 0 spiro atoms. The van der Waals surface area contributed by atoms with Gasteiger partial charge in [0, 0.05) is 18.3 Å². The summed E-state index contributed by atoms with van der Waals surface area (Å²) in [6.07, 6.45) is 5.32. The van der Waals surface area contributed by atoms with Gasteiger partial charge in [-0.1, -0.05) is 6.42 Å². The number of hydrogen-bond acceptors (Lipinski definition) is 3. The van der Waals surface area contributed by atoms with E-state index in [1.54, 1.807) is 11.3 Å². The van der Waals surface area contributed by atoms with Gasteiger partial charge in [-0.15, -0.1) is 11.3 Å². The third-order valence-corrected chi connectivity index (χ3v) is 3.62. The van der Waals surface area contributed by atoms with E-state index in [1.165, 1.54) is 49.6 Å². The first kappa shape index (κ1) is 10.1. The fraction of sp³-hybridized carbons (Fsp3) is 0.727. The summed E-state index contributed by atoms with van der Waals surface area (Å²) < 4.78 is 0. The molecule has 14 heavy (non-hydrogen) atoms. The minimum Gasteiger partial charge on any atom is -0.303 e. The van der Waals surface area contributed by atoms with Crippen LogP contribution in [0.25, 0.3) is 0 Å². The summed E-state index contributed by atoms with van der Waals surface area (Å²) in [4.78, 5) is 7.05. The van der Waals surface area contributed by atoms with Crippen molar-refractivity contribution in [1.29, 1.82) is 0 Å². The quantitative estimate of drug-likeness (QED) is 0.762. The average molecular weight is 210 g/mol. The van der Waals surface area contributed by atoms with Crippen molar-refractivity contribution >= 4 is 11.3 Å². The molecule has 1 aromatic heterocycles. The molecule has 1 aromatic rings. The summed E-state index contributed by atoms with van der Waals surface area (Å²) in [5.41, 5.74) is 1.28. The van der Waals surface area contributed by atoms with Crippen LogP contribution in [0.2, 0.25) is 0 Å². The van der Waals surface area contributed by atoms with E-state index in [-0.39, 0.29) is 0 Å². The topological polar surface area (TPSA) is 16.1 Å². The second-order valence-electron chi connectivity index (χ2n) is 4.01. The van der Waals surface area contributed by atoms with Crippen molar-refractivity contribution < 1.29 is 0 Å². The van der Waals surface area contributed by atoms with Crippen LogP contribution in [-0.4, -0.2) is 29.5 Å². The molecule has 0 atom stereocenters. The fourth-order valence-corrected chi connectivity index (χ4v) is 2.63. The minimum absolute atomic E-state index is 1.13. The molecule has 0 aromatic carbocycles. The maximum atomic E-state index is 4.49. The molecule has 2 rings (SSSR count). The zero-order chi connectivity index (χ0) is 9.80. The normalized spacial score (nSPS) is 18.6. The standard InChI is InChI=1S/C11H18N2S/c1-10-12-11(9-14-10)5-8-13-6-3-2-4-7-13/h9H,2-8H2,1H3. The third kappa shape index (κ3) is 2.79. The summed E-state index contributed by atoms with van der Waals surface area (Å²) in [5, 5.41) is 3.39. The van der Waals surface area contributed by atoms with Crippen LogP contribution in [0.4, 0.5) is 0 Å². The van der Waals surface area contributed by atoms with Crippen molar-refractivity contribution in [2.24, 2.45) is 0 Å². The van der Waals surface area contributed by atoms with Gasteiger partial charge in [0.15, 0.2) is 0 Å². The summed E-state index contributed by atoms with van der Waals surface area (Å²) in [6.45, 7) is 5.87. The van der Waals surface area contributed by atoms with Crippen molar-refractivity contribution in [2.45, 2.75) is 32.6 Å². The highest BCUT2D eigenvalue weighted by atomic mass is 32.1. The van der Waals surface area contributed by atoms with Crippen molar-refractivity contribution in [3.05, 3.63) is 16.1 Å². The van der Waals surface area contributed by atoms with Gasteiger partial charge in [-0.25, -0.2) is 4.98 Å². The van der Waals surface area contributed by atoms with Crippen LogP contribution < -0.4 is 0 Å². The number of aryl methyl sites for hydroxylation is 1. The molecule has 0 bridgehead atoms. The number of rotatable bonds is 3. The van der Waals surface area contributed by atoms with Gasteiger partial charge in [-0.05, 0) is 32.9 Å². The lowest BCUT2D eigenvalue weighted by molar-refractivity contribution is 0.231. The zero-order valence-corrected chi connectivity index (χ0v) is 9.65. The van der Waals surface area contributed by atoms with Crippen molar-refractivity contribution in [1.82, 2.24) is 9.88 Å². The minimum atomic E-state index is 1.13. The van der Waals surface area contributed by atoms with Crippen LogP contribution in [0, 0.1) is 6.92 Å². The van der Waals surface area contributed by atoms with Gasteiger partial charge in [0.25, 0.3) is 0 Å². The van der Waals surface area contributed by atoms with Crippen LogP contribution in [0.1, 0.15) is 30.0 Å². The number of nitrogens with zero attached hydrogens (tertiary/aromatic N) is 2. The first-order valence-corrected chi connectivity index (χ1v) is 6.36. The van der Waals surface area contributed by atoms with Gasteiger partial charge < -0.3 is 4.90 Å². The lowest BCUT2D eigenvalue weighted by Gasteiger charge is -2.25. The lowest BCUT2D eigenvalue weighted by Crippen LogP contribution is -2.31. The molecule has 1 aliphatic heterocycles. The van der Waals surface area contributed by atoms with Gasteiger partial charge in [0.05, 0.1) is 10.7 Å². The average Bonchev–Trinajstić information content (AvgIpc) is 2.63. The van der Waals surface area contributed by atoms with Crippen molar-refractivity contribution in [3.63, 3.8) is 0 Å². The Hall–Kier alpha value is -0.410. The van der Waals surface area contributed by atoms with E-state index in [0.717, 1.165) is 6.42 Å². The van der Waals surface area contributed by atoms with Crippen LogP contribution in [0.15, 0.2) is 5.38 Å². The van der Waals surface area contributed by atoms with Crippen LogP contribution in [-0.2, 0) is 6.42 Å². The second-order valence-corrected chi connectivity index (χ2v) is 5.07. The number of likely N-dealkylation sites (tertiary alicyclic amines) is 1. The molecular weight excluding hydrogens is 192 g/mol. The van der Waals surface area contributed by atoms with E-state index in [2.05, 4.69) is 22.2 Å². The Morgan fingerprint density at radius 3 is 2.79 bits per heavy atom. The predicted octanol–water partition coefficient (Wildman–Crippen LogP) is 2.48. The highest BCUT2D eigenvalue weighted by Gasteiger charge is 2.10. The van der Waals surface area contributed by atoms with Gasteiger partial charge in [-0.3, -0.25) is 0 Å². The summed E-state index contributed by atoms with van der Waals surface area (Å²) in [7, 11) is 0. The highest BCUT2D eigenvalue weighted by molar-refractivity contribution is 7.09. The first-order valence-electron chi connectivity index (χ1n) is 5.48. The molecule has 1 fully saturated rings. The monoisotopic (exact) mass is 210 g/mol. The first-order chi connectivity index (χ1) is 6.84. The van der Waals surface area contributed by atoms with E-state index < -0.39 is 0 Å². The van der Waals surface area contributed by atoms with Crippen LogP contribution in [0.3, 0.4) is 0 Å². The molecule has 1 aliphatic rings. The number of piperidine rings is 1. The number of thiazole rings is 1. The molecule has 0 unspecified atom stereocenters. The predicted molar refractivity (Wildman–Crippen MR) is 60.8 cm³/mol. The maximum absolute atomic E-state index is 4.49. The van der Waals surface area contributed by atoms with E-state index in [1.807, 2.05) is 0 Å². The van der Waals surface area contributed by atoms with Gasteiger partial charge in [0.1, 0.15) is 0 Å². The molecular formula is C11H18N2S. The largest absolute Gasteiger partial charge is 0.303 e. The molecule has 0 radical (unpaired) electrons. The maximum Gasteiger partial charge on any atom is 0.0897 e.